The van der Waals surface area contributed by atoms with Crippen LogP contribution in [0.5, 0.6) is 5.75 Å². The zero-order chi connectivity index (χ0) is 21.9. The summed E-state index contributed by atoms with van der Waals surface area (Å²) in [5.41, 5.74) is 1.74. The zero-order valence-corrected chi connectivity index (χ0v) is 17.0. The van der Waals surface area contributed by atoms with Crippen molar-refractivity contribution in [2.75, 3.05) is 33.8 Å². The zero-order valence-electron chi connectivity index (χ0n) is 17.0. The third-order valence-corrected chi connectivity index (χ3v) is 5.32. The lowest BCUT2D eigenvalue weighted by molar-refractivity contribution is -0.153. The van der Waals surface area contributed by atoms with Gasteiger partial charge in [0, 0.05) is 25.0 Å². The lowest BCUT2D eigenvalue weighted by atomic mass is 9.91. The lowest BCUT2D eigenvalue weighted by Gasteiger charge is -2.29. The topological polar surface area (TPSA) is 79.0 Å². The summed E-state index contributed by atoms with van der Waals surface area (Å²) in [6, 6.07) is 3.23. The van der Waals surface area contributed by atoms with Crippen LogP contribution in [0, 0.1) is 5.92 Å². The van der Waals surface area contributed by atoms with E-state index in [2.05, 4.69) is 5.16 Å². The molecule has 0 unspecified atom stereocenters. The molecule has 1 aliphatic rings. The Morgan fingerprint density at radius 3 is 2.63 bits per heavy atom. The molecule has 1 amide bonds. The Balaban J connectivity index is 1.73. The number of likely N-dealkylation sites (tertiary alicyclic amines) is 1. The van der Waals surface area contributed by atoms with Gasteiger partial charge in [0.1, 0.15) is 5.75 Å². The van der Waals surface area contributed by atoms with Crippen molar-refractivity contribution in [1.29, 1.82) is 0 Å². The molecule has 0 atom stereocenters. The number of carboxylic acid groups (broad SMARTS) is 1. The molecule has 3 rings (SSSR count). The maximum atomic E-state index is 12.6. The van der Waals surface area contributed by atoms with E-state index >= 15 is 0 Å². The fourth-order valence-electron chi connectivity index (χ4n) is 3.79. The standard InChI is InChI=1S/C20H26F3N3O4/c1-25(2)11-15-17(29-12-20(21,22)23)6-4-14-16(24-30-18(14)15)5-3-13-7-9-26(10-8-13)19(27)28/h4,6,13H,3,5,7-12H2,1-2H3,(H,27,28). The highest BCUT2D eigenvalue weighted by atomic mass is 19.4. The largest absolute Gasteiger partial charge is 0.484 e. The van der Waals surface area contributed by atoms with Crippen LogP contribution in [0.25, 0.3) is 11.0 Å². The highest BCUT2D eigenvalue weighted by Crippen LogP contribution is 2.33. The third kappa shape index (κ3) is 5.56. The first-order valence-electron chi connectivity index (χ1n) is 9.86. The van der Waals surface area contributed by atoms with Gasteiger partial charge in [0.2, 0.25) is 0 Å². The number of fused-ring (bicyclic) bond motifs is 1. The number of aryl methyl sites for hydroxylation is 1. The van der Waals surface area contributed by atoms with Gasteiger partial charge in [0.15, 0.2) is 12.2 Å². The Labute approximate surface area is 172 Å². The summed E-state index contributed by atoms with van der Waals surface area (Å²) in [5.74, 6) is 0.542. The SMILES string of the molecule is CN(C)Cc1c(OCC(F)(F)F)ccc2c(CCC3CCN(C(=O)O)CC3)noc12. The summed E-state index contributed by atoms with van der Waals surface area (Å²) in [6.45, 7) is 0.0562. The van der Waals surface area contributed by atoms with Crippen molar-refractivity contribution in [3.63, 3.8) is 0 Å². The van der Waals surface area contributed by atoms with Crippen molar-refractivity contribution < 1.29 is 32.3 Å². The minimum absolute atomic E-state index is 0.136. The van der Waals surface area contributed by atoms with Crippen LogP contribution in [-0.2, 0) is 13.0 Å². The Kier molecular flexibility index (Phi) is 6.74. The van der Waals surface area contributed by atoms with Crippen LogP contribution < -0.4 is 4.74 Å². The van der Waals surface area contributed by atoms with Gasteiger partial charge in [-0.05, 0) is 57.8 Å². The summed E-state index contributed by atoms with van der Waals surface area (Å²) >= 11 is 0. The number of carbonyl (C=O) groups is 1. The quantitative estimate of drug-likeness (QED) is 0.712. The number of alkyl halides is 3. The smallest absolute Gasteiger partial charge is 0.422 e. The number of amides is 1. The molecule has 0 radical (unpaired) electrons. The summed E-state index contributed by atoms with van der Waals surface area (Å²) in [7, 11) is 3.63. The number of ether oxygens (including phenoxy) is 1. The normalized spacial score (nSPS) is 15.9. The van der Waals surface area contributed by atoms with Crippen molar-refractivity contribution in [3.05, 3.63) is 23.4 Å². The molecule has 0 spiro atoms. The Bertz CT molecular complexity index is 874. The van der Waals surface area contributed by atoms with E-state index in [0.29, 0.717) is 43.1 Å². The van der Waals surface area contributed by atoms with Crippen molar-refractivity contribution >= 4 is 17.1 Å². The fourth-order valence-corrected chi connectivity index (χ4v) is 3.79. The number of benzene rings is 1. The van der Waals surface area contributed by atoms with Gasteiger partial charge in [-0.3, -0.25) is 0 Å². The maximum absolute atomic E-state index is 12.6. The van der Waals surface area contributed by atoms with E-state index in [1.807, 2.05) is 19.0 Å². The van der Waals surface area contributed by atoms with Crippen LogP contribution in [0.3, 0.4) is 0 Å². The van der Waals surface area contributed by atoms with Crippen LogP contribution >= 0.6 is 0 Å². The average molecular weight is 429 g/mol. The molecule has 1 fully saturated rings. The second-order valence-electron chi connectivity index (χ2n) is 7.94. The van der Waals surface area contributed by atoms with Crippen LogP contribution in [0.2, 0.25) is 0 Å². The van der Waals surface area contributed by atoms with E-state index in [1.54, 1.807) is 12.1 Å². The molecule has 1 N–H and O–H groups in total. The molecule has 2 heterocycles. The van der Waals surface area contributed by atoms with Gasteiger partial charge in [-0.2, -0.15) is 13.2 Å². The molecule has 1 aliphatic heterocycles. The number of hydrogen-bond acceptors (Lipinski definition) is 5. The van der Waals surface area contributed by atoms with Gasteiger partial charge in [-0.1, -0.05) is 5.16 Å². The number of rotatable bonds is 7. The summed E-state index contributed by atoms with van der Waals surface area (Å²) in [4.78, 5) is 14.3. The summed E-state index contributed by atoms with van der Waals surface area (Å²) < 4.78 is 48.3. The molecular weight excluding hydrogens is 403 g/mol. The van der Waals surface area contributed by atoms with Crippen LogP contribution in [0.1, 0.15) is 30.5 Å². The Morgan fingerprint density at radius 1 is 1.33 bits per heavy atom. The Morgan fingerprint density at radius 2 is 2.03 bits per heavy atom. The molecule has 30 heavy (non-hydrogen) atoms. The van der Waals surface area contributed by atoms with Crippen LogP contribution in [0.15, 0.2) is 16.7 Å². The lowest BCUT2D eigenvalue weighted by Crippen LogP contribution is -2.37. The van der Waals surface area contributed by atoms with E-state index in [0.717, 1.165) is 30.3 Å². The van der Waals surface area contributed by atoms with Crippen molar-refractivity contribution in [1.82, 2.24) is 15.0 Å². The molecule has 2 aromatic rings. The average Bonchev–Trinajstić information content (AvgIpc) is 3.08. The molecule has 1 aromatic carbocycles. The Hall–Kier alpha value is -2.49. The number of halogens is 3. The maximum Gasteiger partial charge on any atom is 0.422 e. The summed E-state index contributed by atoms with van der Waals surface area (Å²) in [6.07, 6.45) is -2.17. The third-order valence-electron chi connectivity index (χ3n) is 5.32. The number of aromatic nitrogens is 1. The second-order valence-corrected chi connectivity index (χ2v) is 7.94. The van der Waals surface area contributed by atoms with Gasteiger partial charge in [-0.25, -0.2) is 4.79 Å². The fraction of sp³-hybridized carbons (Fsp3) is 0.600. The van der Waals surface area contributed by atoms with Crippen molar-refractivity contribution in [3.8, 4) is 5.75 Å². The minimum atomic E-state index is -4.42. The molecule has 7 nitrogen and oxygen atoms in total. The molecule has 0 saturated carbocycles. The molecule has 1 saturated heterocycles. The monoisotopic (exact) mass is 429 g/mol. The van der Waals surface area contributed by atoms with Crippen molar-refractivity contribution in [2.24, 2.45) is 5.92 Å². The van der Waals surface area contributed by atoms with Gasteiger partial charge in [0.25, 0.3) is 0 Å². The van der Waals surface area contributed by atoms with E-state index in [4.69, 9.17) is 14.4 Å². The first-order chi connectivity index (χ1) is 14.1. The number of hydrogen-bond donors (Lipinski definition) is 1. The highest BCUT2D eigenvalue weighted by Gasteiger charge is 2.29. The van der Waals surface area contributed by atoms with Crippen LogP contribution in [0.4, 0.5) is 18.0 Å². The van der Waals surface area contributed by atoms with Gasteiger partial charge in [0.05, 0.1) is 11.3 Å². The molecule has 0 aliphatic carbocycles. The van der Waals surface area contributed by atoms with Gasteiger partial charge < -0.3 is 24.2 Å². The number of nitrogens with zero attached hydrogens (tertiary/aromatic N) is 3. The van der Waals surface area contributed by atoms with E-state index in [-0.39, 0.29) is 5.75 Å². The molecule has 166 valence electrons. The van der Waals surface area contributed by atoms with Gasteiger partial charge in [-0.15, -0.1) is 0 Å². The summed E-state index contributed by atoms with van der Waals surface area (Å²) in [5, 5.41) is 14.0. The van der Waals surface area contributed by atoms with Gasteiger partial charge >= 0.3 is 12.3 Å². The molecular formula is C20H26F3N3O4. The first kappa shape index (κ1) is 22.2. The molecule has 0 bridgehead atoms. The van der Waals surface area contributed by atoms with E-state index in [1.165, 1.54) is 4.90 Å². The number of piperidine rings is 1. The second kappa shape index (κ2) is 9.11. The van der Waals surface area contributed by atoms with Crippen LogP contribution in [-0.4, -0.2) is 66.1 Å². The predicted octanol–water partition coefficient (Wildman–Crippen LogP) is 4.15. The predicted molar refractivity (Wildman–Crippen MR) is 104 cm³/mol. The van der Waals surface area contributed by atoms with Crippen molar-refractivity contribution in [2.45, 2.75) is 38.4 Å². The molecule has 1 aromatic heterocycles. The first-order valence-corrected chi connectivity index (χ1v) is 9.86. The highest BCUT2D eigenvalue weighted by molar-refractivity contribution is 5.84. The molecule has 10 heteroatoms. The van der Waals surface area contributed by atoms with E-state index in [9.17, 15) is 18.0 Å². The minimum Gasteiger partial charge on any atom is -0.484 e. The van der Waals surface area contributed by atoms with E-state index < -0.39 is 18.9 Å².